The third kappa shape index (κ3) is 4.08. The number of morpholine rings is 1. The van der Waals surface area contributed by atoms with E-state index in [2.05, 4.69) is 10.3 Å². The van der Waals surface area contributed by atoms with E-state index in [4.69, 9.17) is 9.47 Å². The molecular weight excluding hydrogens is 326 g/mol. The predicted molar refractivity (Wildman–Crippen MR) is 88.2 cm³/mol. The molecule has 2 N–H and O–H groups in total. The number of pyridine rings is 1. The highest BCUT2D eigenvalue weighted by Crippen LogP contribution is 2.28. The molecule has 3 rings (SSSR count). The van der Waals surface area contributed by atoms with Gasteiger partial charge in [-0.15, -0.1) is 0 Å². The highest BCUT2D eigenvalue weighted by molar-refractivity contribution is 5.94. The average molecular weight is 349 g/mol. The number of amides is 2. The Morgan fingerprint density at radius 2 is 2.08 bits per heavy atom. The number of nitrogens with zero attached hydrogens (tertiary/aromatic N) is 2. The lowest BCUT2D eigenvalue weighted by atomic mass is 10.1. The van der Waals surface area contributed by atoms with Gasteiger partial charge < -0.3 is 24.8 Å². The van der Waals surface area contributed by atoms with E-state index >= 15 is 0 Å². The third-order valence-corrected chi connectivity index (χ3v) is 4.73. The second-order valence-corrected chi connectivity index (χ2v) is 6.34. The highest BCUT2D eigenvalue weighted by Gasteiger charge is 2.39. The highest BCUT2D eigenvalue weighted by atomic mass is 16.5. The Balaban J connectivity index is 1.57. The van der Waals surface area contributed by atoms with E-state index in [0.29, 0.717) is 50.6 Å². The normalized spacial score (nSPS) is 26.3. The van der Waals surface area contributed by atoms with E-state index < -0.39 is 12.1 Å². The number of aliphatic hydroxyl groups excluding tert-OH is 1. The molecule has 2 amide bonds. The standard InChI is InChI=1S/C17H23N3O5/c1-24-15-3-2-11(10-18-15)16(22)19-13-8-12(9-14(13)21)17(23)20-4-6-25-7-5-20/h2-3,10,12-14,21H,4-9H2,1H3,(H,19,22)/t12-,13+,14+/m0/s1. The molecule has 1 aliphatic carbocycles. The van der Waals surface area contributed by atoms with Gasteiger partial charge in [-0.25, -0.2) is 4.98 Å². The molecule has 136 valence electrons. The van der Waals surface area contributed by atoms with Crippen molar-refractivity contribution in [1.82, 2.24) is 15.2 Å². The van der Waals surface area contributed by atoms with Gasteiger partial charge >= 0.3 is 0 Å². The average Bonchev–Trinajstić information content (AvgIpc) is 3.02. The Morgan fingerprint density at radius 3 is 2.72 bits per heavy atom. The molecule has 0 radical (unpaired) electrons. The van der Waals surface area contributed by atoms with Crippen molar-refractivity contribution >= 4 is 11.8 Å². The van der Waals surface area contributed by atoms with E-state index in [1.807, 2.05) is 0 Å². The molecule has 2 aliphatic rings. The quantitative estimate of drug-likeness (QED) is 0.782. The van der Waals surface area contributed by atoms with Crippen LogP contribution in [0.1, 0.15) is 23.2 Å². The van der Waals surface area contributed by atoms with E-state index in [9.17, 15) is 14.7 Å². The van der Waals surface area contributed by atoms with Crippen LogP contribution in [0.25, 0.3) is 0 Å². The van der Waals surface area contributed by atoms with Gasteiger partial charge in [0.2, 0.25) is 11.8 Å². The molecule has 1 aromatic rings. The maximum absolute atomic E-state index is 12.5. The summed E-state index contributed by atoms with van der Waals surface area (Å²) in [5.41, 5.74) is 0.385. The summed E-state index contributed by atoms with van der Waals surface area (Å²) >= 11 is 0. The number of aromatic nitrogens is 1. The molecule has 2 heterocycles. The van der Waals surface area contributed by atoms with Crippen LogP contribution in [0.4, 0.5) is 0 Å². The first-order chi connectivity index (χ1) is 12.1. The van der Waals surface area contributed by atoms with Crippen LogP contribution in [0, 0.1) is 5.92 Å². The van der Waals surface area contributed by atoms with Crippen molar-refractivity contribution in [3.8, 4) is 5.88 Å². The largest absolute Gasteiger partial charge is 0.481 e. The number of aliphatic hydroxyl groups is 1. The third-order valence-electron chi connectivity index (χ3n) is 4.73. The number of rotatable bonds is 4. The first-order valence-corrected chi connectivity index (χ1v) is 8.44. The molecule has 1 aliphatic heterocycles. The van der Waals surface area contributed by atoms with Crippen molar-refractivity contribution in [3.63, 3.8) is 0 Å². The molecule has 0 spiro atoms. The van der Waals surface area contributed by atoms with Crippen molar-refractivity contribution in [2.45, 2.75) is 25.0 Å². The van der Waals surface area contributed by atoms with E-state index in [1.54, 1.807) is 17.0 Å². The van der Waals surface area contributed by atoms with E-state index in [1.165, 1.54) is 13.3 Å². The smallest absolute Gasteiger partial charge is 0.253 e. The minimum absolute atomic E-state index is 0.0326. The molecule has 8 nitrogen and oxygen atoms in total. The van der Waals surface area contributed by atoms with Gasteiger partial charge in [0.1, 0.15) is 0 Å². The summed E-state index contributed by atoms with van der Waals surface area (Å²) in [6.07, 6.45) is 1.49. The molecule has 3 atom stereocenters. The molecule has 1 aromatic heterocycles. The van der Waals surface area contributed by atoms with Gasteiger partial charge in [0.15, 0.2) is 0 Å². The van der Waals surface area contributed by atoms with Crippen molar-refractivity contribution in [3.05, 3.63) is 23.9 Å². The molecule has 8 heteroatoms. The molecule has 1 saturated heterocycles. The van der Waals surface area contributed by atoms with Crippen LogP contribution in [-0.4, -0.2) is 72.4 Å². The van der Waals surface area contributed by atoms with Crippen molar-refractivity contribution < 1.29 is 24.2 Å². The lowest BCUT2D eigenvalue weighted by molar-refractivity contribution is -0.139. The van der Waals surface area contributed by atoms with Crippen LogP contribution in [0.5, 0.6) is 5.88 Å². The van der Waals surface area contributed by atoms with Crippen LogP contribution in [0.15, 0.2) is 18.3 Å². The van der Waals surface area contributed by atoms with E-state index in [-0.39, 0.29) is 17.7 Å². The summed E-state index contributed by atoms with van der Waals surface area (Å²) in [6.45, 7) is 2.26. The molecule has 0 bridgehead atoms. The van der Waals surface area contributed by atoms with Crippen molar-refractivity contribution in [2.75, 3.05) is 33.4 Å². The second-order valence-electron chi connectivity index (χ2n) is 6.34. The molecule has 25 heavy (non-hydrogen) atoms. The number of carbonyl (C=O) groups excluding carboxylic acids is 2. The molecule has 0 aromatic carbocycles. The summed E-state index contributed by atoms with van der Waals surface area (Å²) in [5, 5.41) is 13.0. The molecule has 2 fully saturated rings. The van der Waals surface area contributed by atoms with Crippen molar-refractivity contribution in [2.24, 2.45) is 5.92 Å². The number of methoxy groups -OCH3 is 1. The van der Waals surface area contributed by atoms with Crippen LogP contribution in [0.3, 0.4) is 0 Å². The zero-order valence-electron chi connectivity index (χ0n) is 14.2. The Hall–Kier alpha value is -2.19. The van der Waals surface area contributed by atoms with E-state index in [0.717, 1.165) is 0 Å². The fourth-order valence-corrected chi connectivity index (χ4v) is 3.30. The van der Waals surface area contributed by atoms with Gasteiger partial charge in [-0.3, -0.25) is 9.59 Å². The Bertz CT molecular complexity index is 615. The van der Waals surface area contributed by atoms with Gasteiger partial charge in [-0.2, -0.15) is 0 Å². The minimum Gasteiger partial charge on any atom is -0.481 e. The molecular formula is C17H23N3O5. The second kappa shape index (κ2) is 7.79. The minimum atomic E-state index is -0.731. The number of ether oxygens (including phenoxy) is 2. The predicted octanol–water partition coefficient (Wildman–Crippen LogP) is -0.182. The zero-order chi connectivity index (χ0) is 17.8. The number of hydrogen-bond donors (Lipinski definition) is 2. The monoisotopic (exact) mass is 349 g/mol. The van der Waals surface area contributed by atoms with Crippen LogP contribution < -0.4 is 10.1 Å². The lowest BCUT2D eigenvalue weighted by Crippen LogP contribution is -2.43. The Morgan fingerprint density at radius 1 is 1.32 bits per heavy atom. The number of nitrogens with one attached hydrogen (secondary N) is 1. The summed E-state index contributed by atoms with van der Waals surface area (Å²) in [6, 6.07) is 2.77. The Kier molecular flexibility index (Phi) is 5.50. The van der Waals surface area contributed by atoms with Crippen LogP contribution in [-0.2, 0) is 9.53 Å². The molecule has 1 saturated carbocycles. The fraction of sp³-hybridized carbons (Fsp3) is 0.588. The van der Waals surface area contributed by atoms with Crippen molar-refractivity contribution in [1.29, 1.82) is 0 Å². The number of carbonyl (C=O) groups is 2. The zero-order valence-corrected chi connectivity index (χ0v) is 14.2. The summed E-state index contributed by atoms with van der Waals surface area (Å²) in [5.74, 6) is -0.134. The fourth-order valence-electron chi connectivity index (χ4n) is 3.30. The summed E-state index contributed by atoms with van der Waals surface area (Å²) in [4.78, 5) is 30.6. The maximum atomic E-state index is 12.5. The van der Waals surface area contributed by atoms with Gasteiger partial charge in [-0.1, -0.05) is 0 Å². The SMILES string of the molecule is COc1ccc(C(=O)N[C@@H]2C[C@H](C(=O)N3CCOCC3)C[C@H]2O)cn1. The lowest BCUT2D eigenvalue weighted by Gasteiger charge is -2.29. The Labute approximate surface area is 146 Å². The first kappa shape index (κ1) is 17.6. The molecule has 0 unspecified atom stereocenters. The topological polar surface area (TPSA) is 101 Å². The van der Waals surface area contributed by atoms with Crippen LogP contribution in [0.2, 0.25) is 0 Å². The van der Waals surface area contributed by atoms with Gasteiger partial charge in [-0.05, 0) is 18.9 Å². The first-order valence-electron chi connectivity index (χ1n) is 8.44. The number of hydrogen-bond acceptors (Lipinski definition) is 6. The van der Waals surface area contributed by atoms with Crippen LogP contribution >= 0.6 is 0 Å². The van der Waals surface area contributed by atoms with Gasteiger partial charge in [0, 0.05) is 31.3 Å². The van der Waals surface area contributed by atoms with Gasteiger partial charge in [0.25, 0.3) is 5.91 Å². The maximum Gasteiger partial charge on any atom is 0.253 e. The van der Waals surface area contributed by atoms with Gasteiger partial charge in [0.05, 0.1) is 38.0 Å². The summed E-state index contributed by atoms with van der Waals surface area (Å²) in [7, 11) is 1.50. The summed E-state index contributed by atoms with van der Waals surface area (Å²) < 4.78 is 10.2.